The van der Waals surface area contributed by atoms with Crippen molar-refractivity contribution in [1.82, 2.24) is 4.98 Å². The Bertz CT molecular complexity index is 624. The molecule has 0 aliphatic heterocycles. The second-order valence-corrected chi connectivity index (χ2v) is 5.09. The molecule has 2 aromatic rings. The van der Waals surface area contributed by atoms with E-state index in [4.69, 9.17) is 18.0 Å². The smallest absolute Gasteiger partial charge is 0.221 e. The van der Waals surface area contributed by atoms with E-state index < -0.39 is 0 Å². The van der Waals surface area contributed by atoms with Gasteiger partial charge in [0.2, 0.25) is 5.91 Å². The van der Waals surface area contributed by atoms with Crippen LogP contribution in [0.5, 0.6) is 0 Å². The van der Waals surface area contributed by atoms with Gasteiger partial charge in [0.1, 0.15) is 0 Å². The number of benzene rings is 1. The predicted octanol–water partition coefficient (Wildman–Crippen LogP) is 2.42. The summed E-state index contributed by atoms with van der Waals surface area (Å²) in [4.78, 5) is 15.4. The van der Waals surface area contributed by atoms with E-state index in [1.807, 2.05) is 29.6 Å². The zero-order valence-electron chi connectivity index (χ0n) is 10.1. The molecule has 98 valence electrons. The maximum Gasteiger partial charge on any atom is 0.221 e. The summed E-state index contributed by atoms with van der Waals surface area (Å²) < 4.78 is 0. The molecule has 19 heavy (non-hydrogen) atoms. The SMILES string of the molecule is CC(=O)Nc1cccc(-c2csc(NC(N)=S)n2)c1. The number of thiocarbonyl (C=S) groups is 1. The van der Waals surface area contributed by atoms with Crippen molar-refractivity contribution in [3.05, 3.63) is 29.6 Å². The highest BCUT2D eigenvalue weighted by Gasteiger charge is 2.06. The van der Waals surface area contributed by atoms with Gasteiger partial charge in [-0.3, -0.25) is 4.79 Å². The van der Waals surface area contributed by atoms with Crippen LogP contribution in [0.25, 0.3) is 11.3 Å². The molecule has 1 heterocycles. The molecule has 0 aliphatic carbocycles. The van der Waals surface area contributed by atoms with E-state index in [0.717, 1.165) is 16.9 Å². The van der Waals surface area contributed by atoms with Gasteiger partial charge in [-0.25, -0.2) is 4.98 Å². The maximum absolute atomic E-state index is 11.0. The summed E-state index contributed by atoms with van der Waals surface area (Å²) in [6.45, 7) is 1.47. The molecule has 0 saturated carbocycles. The Hall–Kier alpha value is -1.99. The number of aromatic nitrogens is 1. The van der Waals surface area contributed by atoms with Gasteiger partial charge < -0.3 is 16.4 Å². The minimum atomic E-state index is -0.105. The van der Waals surface area contributed by atoms with Crippen LogP contribution in [-0.4, -0.2) is 16.0 Å². The molecule has 1 aromatic heterocycles. The summed E-state index contributed by atoms with van der Waals surface area (Å²) in [5, 5.41) is 8.25. The third-order valence-corrected chi connectivity index (χ3v) is 3.07. The van der Waals surface area contributed by atoms with Crippen molar-refractivity contribution in [3.8, 4) is 11.3 Å². The molecule has 0 bridgehead atoms. The van der Waals surface area contributed by atoms with Crippen molar-refractivity contribution in [1.29, 1.82) is 0 Å². The minimum absolute atomic E-state index is 0.105. The van der Waals surface area contributed by atoms with Crippen molar-refractivity contribution in [2.24, 2.45) is 5.73 Å². The lowest BCUT2D eigenvalue weighted by molar-refractivity contribution is -0.114. The topological polar surface area (TPSA) is 80.0 Å². The quantitative estimate of drug-likeness (QED) is 0.757. The van der Waals surface area contributed by atoms with E-state index in [2.05, 4.69) is 15.6 Å². The largest absolute Gasteiger partial charge is 0.376 e. The Balaban J connectivity index is 2.23. The minimum Gasteiger partial charge on any atom is -0.376 e. The Morgan fingerprint density at radius 2 is 2.21 bits per heavy atom. The van der Waals surface area contributed by atoms with Crippen LogP contribution in [0.1, 0.15) is 6.92 Å². The molecule has 7 heteroatoms. The van der Waals surface area contributed by atoms with E-state index in [9.17, 15) is 4.79 Å². The van der Waals surface area contributed by atoms with Crippen LogP contribution < -0.4 is 16.4 Å². The molecule has 5 nitrogen and oxygen atoms in total. The van der Waals surface area contributed by atoms with Gasteiger partial charge in [0.15, 0.2) is 10.2 Å². The summed E-state index contributed by atoms with van der Waals surface area (Å²) in [5.41, 5.74) is 7.85. The van der Waals surface area contributed by atoms with Gasteiger partial charge in [0.05, 0.1) is 5.69 Å². The highest BCUT2D eigenvalue weighted by molar-refractivity contribution is 7.80. The number of nitrogens with one attached hydrogen (secondary N) is 2. The van der Waals surface area contributed by atoms with Gasteiger partial charge in [0.25, 0.3) is 0 Å². The number of carbonyl (C=O) groups is 1. The van der Waals surface area contributed by atoms with E-state index in [1.165, 1.54) is 18.3 Å². The molecule has 0 unspecified atom stereocenters. The van der Waals surface area contributed by atoms with E-state index in [-0.39, 0.29) is 11.0 Å². The number of nitrogens with two attached hydrogens (primary N) is 1. The van der Waals surface area contributed by atoms with Gasteiger partial charge in [-0.2, -0.15) is 0 Å². The molecule has 0 saturated heterocycles. The molecule has 0 aliphatic rings. The van der Waals surface area contributed by atoms with Gasteiger partial charge in [-0.15, -0.1) is 11.3 Å². The van der Waals surface area contributed by atoms with Crippen molar-refractivity contribution >= 4 is 45.4 Å². The van der Waals surface area contributed by atoms with Gasteiger partial charge >= 0.3 is 0 Å². The Morgan fingerprint density at radius 3 is 2.89 bits per heavy atom. The zero-order valence-corrected chi connectivity index (χ0v) is 11.8. The summed E-state index contributed by atoms with van der Waals surface area (Å²) in [6.07, 6.45) is 0. The van der Waals surface area contributed by atoms with Crippen molar-refractivity contribution in [3.63, 3.8) is 0 Å². The van der Waals surface area contributed by atoms with E-state index >= 15 is 0 Å². The van der Waals surface area contributed by atoms with Gasteiger partial charge in [0, 0.05) is 23.6 Å². The lowest BCUT2D eigenvalue weighted by Gasteiger charge is -2.03. The summed E-state index contributed by atoms with van der Waals surface area (Å²) in [7, 11) is 0. The second kappa shape index (κ2) is 5.77. The number of anilines is 2. The number of amides is 1. The fraction of sp³-hybridized carbons (Fsp3) is 0.0833. The first-order valence-corrected chi connectivity index (χ1v) is 6.73. The number of thiazole rings is 1. The zero-order chi connectivity index (χ0) is 13.8. The molecule has 1 aromatic carbocycles. The van der Waals surface area contributed by atoms with Crippen molar-refractivity contribution in [2.75, 3.05) is 10.6 Å². The summed E-state index contributed by atoms with van der Waals surface area (Å²) in [6, 6.07) is 7.47. The van der Waals surface area contributed by atoms with Gasteiger partial charge in [-0.1, -0.05) is 12.1 Å². The number of rotatable bonds is 3. The van der Waals surface area contributed by atoms with Crippen LogP contribution in [0.3, 0.4) is 0 Å². The van der Waals surface area contributed by atoms with Crippen LogP contribution >= 0.6 is 23.6 Å². The molecule has 0 spiro atoms. The normalized spacial score (nSPS) is 9.95. The summed E-state index contributed by atoms with van der Waals surface area (Å²) >= 11 is 6.17. The first-order valence-electron chi connectivity index (χ1n) is 5.44. The fourth-order valence-electron chi connectivity index (χ4n) is 1.53. The van der Waals surface area contributed by atoms with E-state index in [1.54, 1.807) is 0 Å². The molecule has 0 fully saturated rings. The average Bonchev–Trinajstić information content (AvgIpc) is 2.76. The Kier molecular flexibility index (Phi) is 4.08. The first kappa shape index (κ1) is 13.4. The molecular weight excluding hydrogens is 280 g/mol. The van der Waals surface area contributed by atoms with Crippen LogP contribution in [0.15, 0.2) is 29.6 Å². The predicted molar refractivity (Wildman–Crippen MR) is 82.3 cm³/mol. The maximum atomic E-state index is 11.0. The highest BCUT2D eigenvalue weighted by Crippen LogP contribution is 2.26. The molecule has 0 radical (unpaired) electrons. The number of nitrogens with zero attached hydrogens (tertiary/aromatic N) is 1. The first-order chi connectivity index (χ1) is 9.04. The lowest BCUT2D eigenvalue weighted by atomic mass is 10.1. The average molecular weight is 292 g/mol. The van der Waals surface area contributed by atoms with Crippen LogP contribution in [-0.2, 0) is 4.79 Å². The molecule has 1 amide bonds. The second-order valence-electron chi connectivity index (χ2n) is 3.79. The van der Waals surface area contributed by atoms with Crippen LogP contribution in [0, 0.1) is 0 Å². The Morgan fingerprint density at radius 1 is 1.42 bits per heavy atom. The monoisotopic (exact) mass is 292 g/mol. The number of hydrogen-bond donors (Lipinski definition) is 3. The van der Waals surface area contributed by atoms with Crippen LogP contribution in [0.4, 0.5) is 10.8 Å². The molecular formula is C12H12N4OS2. The van der Waals surface area contributed by atoms with Crippen molar-refractivity contribution < 1.29 is 4.79 Å². The lowest BCUT2D eigenvalue weighted by Crippen LogP contribution is -2.18. The third kappa shape index (κ3) is 3.73. The fourth-order valence-corrected chi connectivity index (χ4v) is 2.42. The summed E-state index contributed by atoms with van der Waals surface area (Å²) in [5.74, 6) is -0.105. The molecule has 2 rings (SSSR count). The Labute approximate surface area is 119 Å². The van der Waals surface area contributed by atoms with Crippen LogP contribution in [0.2, 0.25) is 0 Å². The third-order valence-electron chi connectivity index (χ3n) is 2.21. The van der Waals surface area contributed by atoms with Gasteiger partial charge in [-0.05, 0) is 24.4 Å². The standard InChI is InChI=1S/C12H12N4OS2/c1-7(17)14-9-4-2-3-8(5-9)10-6-19-12(15-10)16-11(13)18/h2-6H,1H3,(H,14,17)(H3,13,15,16,18). The molecule has 4 N–H and O–H groups in total. The number of hydrogen-bond acceptors (Lipinski definition) is 4. The number of carbonyl (C=O) groups excluding carboxylic acids is 1. The highest BCUT2D eigenvalue weighted by atomic mass is 32.1. The molecule has 0 atom stereocenters. The van der Waals surface area contributed by atoms with Crippen molar-refractivity contribution in [2.45, 2.75) is 6.92 Å². The van der Waals surface area contributed by atoms with E-state index in [0.29, 0.717) is 5.13 Å².